The van der Waals surface area contributed by atoms with E-state index in [1.807, 2.05) is 0 Å². The minimum Gasteiger partial charge on any atom is -0.316 e. The summed E-state index contributed by atoms with van der Waals surface area (Å²) in [5, 5.41) is 6.89. The predicted molar refractivity (Wildman–Crippen MR) is 56.4 cm³/mol. The highest BCUT2D eigenvalue weighted by Gasteiger charge is 2.26. The Hall–Kier alpha value is 0.500. The number of rotatable bonds is 0. The van der Waals surface area contributed by atoms with Crippen LogP contribution < -0.4 is 10.6 Å². The Labute approximate surface area is 86.7 Å². The molecule has 0 atom stereocenters. The average molecular weight is 213 g/mol. The van der Waals surface area contributed by atoms with E-state index in [9.17, 15) is 0 Å². The number of halogens is 2. The minimum absolute atomic E-state index is 0. The SMILES string of the molecule is C1CC2CCNCC2CN1.Cl.Cl. The Bertz CT molecular complexity index is 95.6. The quantitative estimate of drug-likeness (QED) is 0.628. The van der Waals surface area contributed by atoms with Gasteiger partial charge in [-0.2, -0.15) is 0 Å². The molecule has 12 heavy (non-hydrogen) atoms. The molecule has 0 radical (unpaired) electrons. The lowest BCUT2D eigenvalue weighted by Crippen LogP contribution is -2.46. The van der Waals surface area contributed by atoms with Crippen molar-refractivity contribution in [3.8, 4) is 0 Å². The molecule has 2 N–H and O–H groups in total. The van der Waals surface area contributed by atoms with Crippen molar-refractivity contribution in [1.29, 1.82) is 0 Å². The maximum absolute atomic E-state index is 3.44. The number of piperidine rings is 2. The zero-order chi connectivity index (χ0) is 6.81. The molecule has 2 saturated heterocycles. The van der Waals surface area contributed by atoms with E-state index < -0.39 is 0 Å². The highest BCUT2D eigenvalue weighted by Crippen LogP contribution is 2.24. The summed E-state index contributed by atoms with van der Waals surface area (Å²) in [7, 11) is 0. The Morgan fingerprint density at radius 1 is 0.750 bits per heavy atom. The lowest BCUT2D eigenvalue weighted by molar-refractivity contribution is 0.200. The van der Waals surface area contributed by atoms with Gasteiger partial charge in [-0.05, 0) is 50.9 Å². The molecular formula is C8H18Cl2N2. The third kappa shape index (κ3) is 2.77. The van der Waals surface area contributed by atoms with Crippen LogP contribution in [0.25, 0.3) is 0 Å². The molecule has 0 saturated carbocycles. The van der Waals surface area contributed by atoms with E-state index in [1.54, 1.807) is 0 Å². The van der Waals surface area contributed by atoms with Crippen LogP contribution in [0.5, 0.6) is 0 Å². The first kappa shape index (κ1) is 12.5. The first-order valence-corrected chi connectivity index (χ1v) is 4.38. The van der Waals surface area contributed by atoms with E-state index in [1.165, 1.54) is 39.0 Å². The van der Waals surface area contributed by atoms with Crippen LogP contribution in [0, 0.1) is 11.8 Å². The van der Waals surface area contributed by atoms with Gasteiger partial charge in [0.1, 0.15) is 0 Å². The number of hydrogen-bond donors (Lipinski definition) is 2. The van der Waals surface area contributed by atoms with Crippen molar-refractivity contribution < 1.29 is 0 Å². The predicted octanol–water partition coefficient (Wildman–Crippen LogP) is 1.05. The van der Waals surface area contributed by atoms with E-state index in [0.29, 0.717) is 0 Å². The van der Waals surface area contributed by atoms with Gasteiger partial charge in [0, 0.05) is 0 Å². The zero-order valence-electron chi connectivity index (χ0n) is 7.21. The molecule has 2 heterocycles. The molecule has 2 rings (SSSR count). The summed E-state index contributed by atoms with van der Waals surface area (Å²) in [6, 6.07) is 0. The molecule has 2 nitrogen and oxygen atoms in total. The van der Waals surface area contributed by atoms with Crippen molar-refractivity contribution in [3.63, 3.8) is 0 Å². The smallest absolute Gasteiger partial charge is 0.000570 e. The fourth-order valence-corrected chi connectivity index (χ4v) is 2.17. The largest absolute Gasteiger partial charge is 0.316 e. The molecule has 0 unspecified atom stereocenters. The van der Waals surface area contributed by atoms with Crippen LogP contribution >= 0.6 is 24.8 Å². The topological polar surface area (TPSA) is 24.1 Å². The van der Waals surface area contributed by atoms with E-state index in [-0.39, 0.29) is 24.8 Å². The molecule has 0 spiro atoms. The molecule has 0 aromatic rings. The van der Waals surface area contributed by atoms with Crippen LogP contribution in [0.4, 0.5) is 0 Å². The number of hydrogen-bond acceptors (Lipinski definition) is 2. The van der Waals surface area contributed by atoms with Gasteiger partial charge in [0.05, 0.1) is 0 Å². The molecule has 2 aliphatic rings. The molecule has 0 aromatic heterocycles. The van der Waals surface area contributed by atoms with Gasteiger partial charge in [-0.3, -0.25) is 0 Å². The Morgan fingerprint density at radius 2 is 1.25 bits per heavy atom. The number of nitrogens with one attached hydrogen (secondary N) is 2. The number of fused-ring (bicyclic) bond motifs is 1. The molecule has 0 aliphatic carbocycles. The highest BCUT2D eigenvalue weighted by molar-refractivity contribution is 5.85. The maximum atomic E-state index is 3.44. The summed E-state index contributed by atoms with van der Waals surface area (Å²) in [5.41, 5.74) is 0. The van der Waals surface area contributed by atoms with Gasteiger partial charge in [-0.25, -0.2) is 0 Å². The standard InChI is InChI=1S/C8H16N2.2ClH/c1-3-9-5-8-6-10-4-2-7(1)8;;/h7-10H,1-6H2;2*1H. The maximum Gasteiger partial charge on any atom is -0.000570 e. The summed E-state index contributed by atoms with van der Waals surface area (Å²) in [4.78, 5) is 0. The van der Waals surface area contributed by atoms with Crippen molar-refractivity contribution in [2.24, 2.45) is 11.8 Å². The van der Waals surface area contributed by atoms with E-state index in [0.717, 1.165) is 11.8 Å². The Morgan fingerprint density at radius 3 is 1.67 bits per heavy atom. The van der Waals surface area contributed by atoms with E-state index >= 15 is 0 Å². The van der Waals surface area contributed by atoms with Crippen molar-refractivity contribution in [3.05, 3.63) is 0 Å². The third-order valence-electron chi connectivity index (χ3n) is 2.86. The normalized spacial score (nSPS) is 34.0. The zero-order valence-corrected chi connectivity index (χ0v) is 8.85. The van der Waals surface area contributed by atoms with Crippen molar-refractivity contribution in [1.82, 2.24) is 10.6 Å². The monoisotopic (exact) mass is 212 g/mol. The summed E-state index contributed by atoms with van der Waals surface area (Å²) >= 11 is 0. The van der Waals surface area contributed by atoms with Gasteiger partial charge in [0.2, 0.25) is 0 Å². The third-order valence-corrected chi connectivity index (χ3v) is 2.86. The highest BCUT2D eigenvalue weighted by atomic mass is 35.5. The van der Waals surface area contributed by atoms with Crippen molar-refractivity contribution in [2.75, 3.05) is 26.2 Å². The van der Waals surface area contributed by atoms with Crippen LogP contribution in [0.15, 0.2) is 0 Å². The van der Waals surface area contributed by atoms with Crippen LogP contribution in [0.2, 0.25) is 0 Å². The van der Waals surface area contributed by atoms with Gasteiger partial charge < -0.3 is 10.6 Å². The van der Waals surface area contributed by atoms with Gasteiger partial charge in [0.25, 0.3) is 0 Å². The first-order valence-electron chi connectivity index (χ1n) is 4.38. The molecule has 0 aromatic carbocycles. The second-order valence-electron chi connectivity index (χ2n) is 3.51. The molecular weight excluding hydrogens is 195 g/mol. The van der Waals surface area contributed by atoms with Gasteiger partial charge in [-0.15, -0.1) is 24.8 Å². The summed E-state index contributed by atoms with van der Waals surface area (Å²) in [5.74, 6) is 1.96. The summed E-state index contributed by atoms with van der Waals surface area (Å²) < 4.78 is 0. The minimum atomic E-state index is 0. The van der Waals surface area contributed by atoms with Crippen LogP contribution in [-0.2, 0) is 0 Å². The molecule has 2 fully saturated rings. The summed E-state index contributed by atoms with van der Waals surface area (Å²) in [6.07, 6.45) is 2.82. The summed E-state index contributed by atoms with van der Waals surface area (Å²) in [6.45, 7) is 5.00. The molecule has 74 valence electrons. The molecule has 0 bridgehead atoms. The first-order chi connectivity index (χ1) is 4.97. The lowest BCUT2D eigenvalue weighted by Gasteiger charge is -2.36. The lowest BCUT2D eigenvalue weighted by atomic mass is 9.82. The fourth-order valence-electron chi connectivity index (χ4n) is 2.17. The second-order valence-corrected chi connectivity index (χ2v) is 3.51. The van der Waals surface area contributed by atoms with Crippen LogP contribution in [0.1, 0.15) is 12.8 Å². The van der Waals surface area contributed by atoms with Gasteiger partial charge in [-0.1, -0.05) is 0 Å². The Kier molecular flexibility index (Phi) is 6.28. The molecule has 2 aliphatic heterocycles. The van der Waals surface area contributed by atoms with E-state index in [4.69, 9.17) is 0 Å². The average Bonchev–Trinajstić information content (AvgIpc) is 2.05. The van der Waals surface area contributed by atoms with Gasteiger partial charge in [0.15, 0.2) is 0 Å². The van der Waals surface area contributed by atoms with Crippen LogP contribution in [0.3, 0.4) is 0 Å². The second kappa shape index (κ2) is 6.03. The fraction of sp³-hybridized carbons (Fsp3) is 1.00. The molecule has 0 amide bonds. The van der Waals surface area contributed by atoms with E-state index in [2.05, 4.69) is 10.6 Å². The Balaban J connectivity index is 0.000000605. The van der Waals surface area contributed by atoms with Crippen LogP contribution in [-0.4, -0.2) is 26.2 Å². The van der Waals surface area contributed by atoms with Gasteiger partial charge >= 0.3 is 0 Å². The molecule has 4 heteroatoms. The van der Waals surface area contributed by atoms with Crippen molar-refractivity contribution in [2.45, 2.75) is 12.8 Å². The van der Waals surface area contributed by atoms with Crippen molar-refractivity contribution >= 4 is 24.8 Å².